The van der Waals surface area contributed by atoms with E-state index in [2.05, 4.69) is 11.7 Å². The zero-order valence-corrected chi connectivity index (χ0v) is 30.8. The number of benzene rings is 4. The molecule has 0 spiro atoms. The van der Waals surface area contributed by atoms with Crippen LogP contribution < -0.4 is 18.9 Å². The van der Waals surface area contributed by atoms with Gasteiger partial charge in [-0.25, -0.2) is 9.59 Å². The van der Waals surface area contributed by atoms with Gasteiger partial charge in [0.2, 0.25) is 11.5 Å². The molecule has 2 heterocycles. The highest BCUT2D eigenvalue weighted by Crippen LogP contribution is 2.30. The predicted octanol–water partition coefficient (Wildman–Crippen LogP) is 9.79. The van der Waals surface area contributed by atoms with Gasteiger partial charge in [0.15, 0.2) is 0 Å². The van der Waals surface area contributed by atoms with Crippen molar-refractivity contribution >= 4 is 11.9 Å². The molecule has 53 heavy (non-hydrogen) atoms. The molecule has 0 unspecified atom stereocenters. The maximum atomic E-state index is 11.5. The van der Waals surface area contributed by atoms with Crippen LogP contribution in [-0.2, 0) is 18.0 Å². The van der Waals surface area contributed by atoms with Crippen LogP contribution >= 0.6 is 0 Å². The quantitative estimate of drug-likeness (QED) is 0.122. The molecule has 0 aliphatic heterocycles. The molecule has 2 aromatic heterocycles. The number of carbonyl (C=O) groups excluding carboxylic acids is 1. The highest BCUT2D eigenvalue weighted by Gasteiger charge is 2.16. The van der Waals surface area contributed by atoms with Gasteiger partial charge in [0.05, 0.1) is 21.3 Å². The summed E-state index contributed by atoms with van der Waals surface area (Å²) in [4.78, 5) is 22.5. The molecule has 4 aromatic carbocycles. The molecule has 274 valence electrons. The maximum absolute atomic E-state index is 11.5. The molecule has 0 aliphatic rings. The van der Waals surface area contributed by atoms with Crippen molar-refractivity contribution in [1.82, 2.24) is 0 Å². The predicted molar refractivity (Wildman–Crippen MR) is 200 cm³/mol. The van der Waals surface area contributed by atoms with Gasteiger partial charge in [0.1, 0.15) is 47.7 Å². The molecule has 0 aliphatic carbocycles. The van der Waals surface area contributed by atoms with Crippen molar-refractivity contribution in [3.63, 3.8) is 0 Å². The molecule has 0 bridgehead atoms. The van der Waals surface area contributed by atoms with E-state index in [0.29, 0.717) is 23.9 Å². The first kappa shape index (κ1) is 37.8. The Bertz CT molecular complexity index is 2170. The van der Waals surface area contributed by atoms with Gasteiger partial charge in [0, 0.05) is 11.1 Å². The number of carboxylic acid groups (broad SMARTS) is 1. The van der Waals surface area contributed by atoms with Crippen LogP contribution in [0, 0.1) is 27.7 Å². The third kappa shape index (κ3) is 9.48. The maximum Gasteiger partial charge on any atom is 0.373 e. The fourth-order valence-electron chi connectivity index (χ4n) is 5.59. The second-order valence-electron chi connectivity index (χ2n) is 12.2. The SMILES string of the molecule is COC(=O)c1cc(COc2ccc(-c3ccc(OC)cc3C)cc2)c(C)o1.COc1ccc(-c2ccc(OCc3cc(C(=O)O)oc3C)cc2)c(C)c1. The van der Waals surface area contributed by atoms with Crippen LogP contribution in [0.2, 0.25) is 0 Å². The average Bonchev–Trinajstić information content (AvgIpc) is 3.74. The fraction of sp³-hybridized carbons (Fsp3) is 0.209. The summed E-state index contributed by atoms with van der Waals surface area (Å²) in [5.41, 5.74) is 8.29. The third-order valence-electron chi connectivity index (χ3n) is 8.62. The molecular formula is C43H42O10. The van der Waals surface area contributed by atoms with Crippen LogP contribution in [0.1, 0.15) is 54.9 Å². The number of aromatic carboxylic acids is 1. The van der Waals surface area contributed by atoms with Crippen LogP contribution in [0.15, 0.2) is 106 Å². The lowest BCUT2D eigenvalue weighted by molar-refractivity contribution is 0.0563. The Morgan fingerprint density at radius 2 is 0.943 bits per heavy atom. The van der Waals surface area contributed by atoms with Crippen molar-refractivity contribution < 1.29 is 47.2 Å². The minimum Gasteiger partial charge on any atom is -0.497 e. The second kappa shape index (κ2) is 17.2. The first-order valence-electron chi connectivity index (χ1n) is 16.8. The van der Waals surface area contributed by atoms with E-state index < -0.39 is 11.9 Å². The summed E-state index contributed by atoms with van der Waals surface area (Å²) in [6.07, 6.45) is 0. The van der Waals surface area contributed by atoms with Crippen molar-refractivity contribution in [2.75, 3.05) is 21.3 Å². The molecule has 0 radical (unpaired) electrons. The Hall–Kier alpha value is -6.42. The highest BCUT2D eigenvalue weighted by atomic mass is 16.5. The summed E-state index contributed by atoms with van der Waals surface area (Å²) in [6.45, 7) is 8.19. The summed E-state index contributed by atoms with van der Waals surface area (Å²) in [7, 11) is 4.64. The lowest BCUT2D eigenvalue weighted by Gasteiger charge is -2.10. The molecule has 0 saturated heterocycles. The lowest BCUT2D eigenvalue weighted by atomic mass is 10.0. The number of methoxy groups -OCH3 is 3. The molecule has 6 rings (SSSR count). The van der Waals surface area contributed by atoms with E-state index in [4.69, 9.17) is 32.9 Å². The molecule has 0 atom stereocenters. The van der Waals surface area contributed by atoms with E-state index in [1.165, 1.54) is 13.2 Å². The van der Waals surface area contributed by atoms with Crippen molar-refractivity contribution in [3.05, 3.63) is 142 Å². The van der Waals surface area contributed by atoms with E-state index in [1.54, 1.807) is 34.1 Å². The number of hydrogen-bond acceptors (Lipinski definition) is 9. The number of hydrogen-bond donors (Lipinski definition) is 1. The Morgan fingerprint density at radius 3 is 1.30 bits per heavy atom. The third-order valence-corrected chi connectivity index (χ3v) is 8.62. The first-order valence-corrected chi connectivity index (χ1v) is 16.8. The second-order valence-corrected chi connectivity index (χ2v) is 12.2. The Kier molecular flexibility index (Phi) is 12.3. The number of ether oxygens (including phenoxy) is 5. The number of furan rings is 2. The minimum absolute atomic E-state index is 0.0774. The van der Waals surface area contributed by atoms with Gasteiger partial charge in [0.25, 0.3) is 0 Å². The number of carbonyl (C=O) groups is 2. The van der Waals surface area contributed by atoms with Crippen molar-refractivity contribution in [2.45, 2.75) is 40.9 Å². The van der Waals surface area contributed by atoms with E-state index in [1.807, 2.05) is 91.9 Å². The Labute approximate surface area is 308 Å². The van der Waals surface area contributed by atoms with E-state index in [-0.39, 0.29) is 18.1 Å². The van der Waals surface area contributed by atoms with Crippen molar-refractivity contribution in [2.24, 2.45) is 0 Å². The largest absolute Gasteiger partial charge is 0.497 e. The molecular weight excluding hydrogens is 676 g/mol. The fourth-order valence-corrected chi connectivity index (χ4v) is 5.59. The molecule has 0 saturated carbocycles. The minimum atomic E-state index is -1.08. The van der Waals surface area contributed by atoms with Gasteiger partial charge in [-0.3, -0.25) is 0 Å². The van der Waals surface area contributed by atoms with Crippen molar-refractivity contribution in [1.29, 1.82) is 0 Å². The van der Waals surface area contributed by atoms with Crippen LogP contribution in [-0.4, -0.2) is 38.4 Å². The van der Waals surface area contributed by atoms with E-state index in [9.17, 15) is 9.59 Å². The number of esters is 1. The van der Waals surface area contributed by atoms with Gasteiger partial charge < -0.3 is 37.6 Å². The van der Waals surface area contributed by atoms with Gasteiger partial charge >= 0.3 is 11.9 Å². The lowest BCUT2D eigenvalue weighted by Crippen LogP contribution is -1.99. The summed E-state index contributed by atoms with van der Waals surface area (Å²) in [5, 5.41) is 8.96. The Balaban J connectivity index is 0.000000204. The van der Waals surface area contributed by atoms with Crippen LogP contribution in [0.5, 0.6) is 23.0 Å². The topological polar surface area (TPSA) is 127 Å². The number of carboxylic acids is 1. The smallest absolute Gasteiger partial charge is 0.373 e. The van der Waals surface area contributed by atoms with Gasteiger partial charge in [-0.05, 0) is 122 Å². The summed E-state index contributed by atoms with van der Waals surface area (Å²) in [6, 6.07) is 30.8. The molecule has 10 heteroatoms. The number of aryl methyl sites for hydroxylation is 4. The highest BCUT2D eigenvalue weighted by molar-refractivity contribution is 5.86. The molecule has 0 fully saturated rings. The van der Waals surface area contributed by atoms with E-state index in [0.717, 1.165) is 61.8 Å². The van der Waals surface area contributed by atoms with Crippen molar-refractivity contribution in [3.8, 4) is 45.3 Å². The monoisotopic (exact) mass is 718 g/mol. The summed E-state index contributed by atoms with van der Waals surface area (Å²) in [5.74, 6) is 2.84. The molecule has 10 nitrogen and oxygen atoms in total. The van der Waals surface area contributed by atoms with Gasteiger partial charge in [-0.15, -0.1) is 0 Å². The summed E-state index contributed by atoms with van der Waals surface area (Å²) >= 11 is 0. The summed E-state index contributed by atoms with van der Waals surface area (Å²) < 4.78 is 37.3. The average molecular weight is 719 g/mol. The van der Waals surface area contributed by atoms with Crippen LogP contribution in [0.25, 0.3) is 22.3 Å². The van der Waals surface area contributed by atoms with E-state index >= 15 is 0 Å². The standard InChI is InChI=1S/C22H22O5.C21H20O5/c1-14-11-19(24-3)9-10-20(14)16-5-7-18(8-6-16)26-13-17-12-21(22(23)25-4)27-15(17)2;1-13-10-18(24-3)8-9-19(13)15-4-6-17(7-5-15)25-12-16-11-20(21(22)23)26-14(16)2/h5-12H,13H2,1-4H3;4-11H,12H2,1-3H3,(H,22,23). The van der Waals surface area contributed by atoms with Crippen LogP contribution in [0.4, 0.5) is 0 Å². The first-order chi connectivity index (χ1) is 25.5. The van der Waals surface area contributed by atoms with Crippen LogP contribution in [0.3, 0.4) is 0 Å². The Morgan fingerprint density at radius 1 is 0.547 bits per heavy atom. The number of rotatable bonds is 12. The molecule has 0 amide bonds. The van der Waals surface area contributed by atoms with Gasteiger partial charge in [-0.2, -0.15) is 0 Å². The zero-order valence-electron chi connectivity index (χ0n) is 30.8. The zero-order chi connectivity index (χ0) is 38.1. The normalized spacial score (nSPS) is 10.5. The molecule has 6 aromatic rings. The molecule has 1 N–H and O–H groups in total. The van der Waals surface area contributed by atoms with Gasteiger partial charge in [-0.1, -0.05) is 36.4 Å².